The molecular formula is C14H20ClNO2. The Morgan fingerprint density at radius 3 is 2.50 bits per heavy atom. The minimum Gasteiger partial charge on any atom is -0.387 e. The largest absolute Gasteiger partial charge is 0.387 e. The van der Waals surface area contributed by atoms with Crippen LogP contribution in [0.5, 0.6) is 0 Å². The third-order valence-electron chi connectivity index (χ3n) is 3.55. The molecule has 1 saturated heterocycles. The molecule has 4 heteroatoms. The molecule has 1 N–H and O–H groups in total. The summed E-state index contributed by atoms with van der Waals surface area (Å²) in [7, 11) is 1.77. The number of aliphatic hydroxyl groups excluding tert-OH is 1. The van der Waals surface area contributed by atoms with Crippen molar-refractivity contribution < 1.29 is 9.84 Å². The van der Waals surface area contributed by atoms with Gasteiger partial charge in [-0.25, -0.2) is 0 Å². The summed E-state index contributed by atoms with van der Waals surface area (Å²) in [5.41, 5.74) is 0.924. The Labute approximate surface area is 113 Å². The van der Waals surface area contributed by atoms with Gasteiger partial charge in [-0.2, -0.15) is 0 Å². The van der Waals surface area contributed by atoms with Crippen molar-refractivity contribution in [1.29, 1.82) is 0 Å². The first kappa shape index (κ1) is 13.8. The SMILES string of the molecule is COC1CCN(CC(O)c2ccc(Cl)cc2)CC1. The van der Waals surface area contributed by atoms with Gasteiger partial charge in [0.1, 0.15) is 0 Å². The molecule has 1 atom stereocenters. The normalized spacial score (nSPS) is 19.9. The highest BCUT2D eigenvalue weighted by atomic mass is 35.5. The van der Waals surface area contributed by atoms with Gasteiger partial charge >= 0.3 is 0 Å². The lowest BCUT2D eigenvalue weighted by Crippen LogP contribution is -2.38. The maximum atomic E-state index is 10.2. The van der Waals surface area contributed by atoms with Gasteiger partial charge in [0.15, 0.2) is 0 Å². The van der Waals surface area contributed by atoms with Crippen LogP contribution in [0.15, 0.2) is 24.3 Å². The van der Waals surface area contributed by atoms with E-state index in [0.29, 0.717) is 17.7 Å². The maximum Gasteiger partial charge on any atom is 0.0916 e. The topological polar surface area (TPSA) is 32.7 Å². The van der Waals surface area contributed by atoms with E-state index in [9.17, 15) is 5.11 Å². The second-order valence-electron chi connectivity index (χ2n) is 4.80. The van der Waals surface area contributed by atoms with Gasteiger partial charge in [0, 0.05) is 31.8 Å². The summed E-state index contributed by atoms with van der Waals surface area (Å²) in [5.74, 6) is 0. The quantitative estimate of drug-likeness (QED) is 0.912. The highest BCUT2D eigenvalue weighted by Crippen LogP contribution is 2.20. The zero-order valence-electron chi connectivity index (χ0n) is 10.7. The van der Waals surface area contributed by atoms with Crippen molar-refractivity contribution in [3.63, 3.8) is 0 Å². The average molecular weight is 270 g/mol. The second kappa shape index (κ2) is 6.53. The number of methoxy groups -OCH3 is 1. The summed E-state index contributed by atoms with van der Waals surface area (Å²) in [4.78, 5) is 2.29. The first-order valence-corrected chi connectivity index (χ1v) is 6.75. The third-order valence-corrected chi connectivity index (χ3v) is 3.81. The number of hydrogen-bond acceptors (Lipinski definition) is 3. The zero-order valence-corrected chi connectivity index (χ0v) is 11.4. The van der Waals surface area contributed by atoms with E-state index >= 15 is 0 Å². The van der Waals surface area contributed by atoms with E-state index in [0.717, 1.165) is 31.5 Å². The van der Waals surface area contributed by atoms with Gasteiger partial charge in [0.05, 0.1) is 12.2 Å². The molecule has 1 aliphatic heterocycles. The first-order chi connectivity index (χ1) is 8.69. The predicted octanol–water partition coefficient (Wildman–Crippen LogP) is 2.48. The van der Waals surface area contributed by atoms with Gasteiger partial charge in [-0.1, -0.05) is 23.7 Å². The van der Waals surface area contributed by atoms with Gasteiger partial charge in [0.25, 0.3) is 0 Å². The van der Waals surface area contributed by atoms with E-state index in [1.165, 1.54) is 0 Å². The van der Waals surface area contributed by atoms with Gasteiger partial charge in [-0.3, -0.25) is 0 Å². The summed E-state index contributed by atoms with van der Waals surface area (Å²) >= 11 is 5.83. The van der Waals surface area contributed by atoms with Gasteiger partial charge in [0.2, 0.25) is 0 Å². The number of hydrogen-bond donors (Lipinski definition) is 1. The molecule has 1 aromatic rings. The number of rotatable bonds is 4. The molecule has 1 heterocycles. The molecule has 1 fully saturated rings. The maximum absolute atomic E-state index is 10.2. The van der Waals surface area contributed by atoms with Crippen molar-refractivity contribution in [2.24, 2.45) is 0 Å². The molecule has 2 rings (SSSR count). The van der Waals surface area contributed by atoms with Crippen LogP contribution in [0.2, 0.25) is 5.02 Å². The third kappa shape index (κ3) is 3.69. The van der Waals surface area contributed by atoms with Crippen molar-refractivity contribution in [3.8, 4) is 0 Å². The minimum absolute atomic E-state index is 0.383. The molecule has 0 amide bonds. The van der Waals surface area contributed by atoms with E-state index in [-0.39, 0.29) is 0 Å². The lowest BCUT2D eigenvalue weighted by atomic mass is 10.1. The number of likely N-dealkylation sites (tertiary alicyclic amines) is 1. The van der Waals surface area contributed by atoms with Crippen LogP contribution in [0.25, 0.3) is 0 Å². The van der Waals surface area contributed by atoms with E-state index < -0.39 is 6.10 Å². The molecule has 0 radical (unpaired) electrons. The number of aliphatic hydroxyl groups is 1. The standard InChI is InChI=1S/C14H20ClNO2/c1-18-13-6-8-16(9-7-13)10-14(17)11-2-4-12(15)5-3-11/h2-5,13-14,17H,6-10H2,1H3. The molecule has 1 aliphatic rings. The second-order valence-corrected chi connectivity index (χ2v) is 5.24. The number of ether oxygens (including phenoxy) is 1. The Morgan fingerprint density at radius 2 is 1.94 bits per heavy atom. The number of benzene rings is 1. The molecule has 0 aliphatic carbocycles. The van der Waals surface area contributed by atoms with Gasteiger partial charge < -0.3 is 14.7 Å². The Bertz CT molecular complexity index is 361. The van der Waals surface area contributed by atoms with Crippen LogP contribution in [0, 0.1) is 0 Å². The smallest absolute Gasteiger partial charge is 0.0916 e. The van der Waals surface area contributed by atoms with Crippen LogP contribution in [0.3, 0.4) is 0 Å². The summed E-state index contributed by atoms with van der Waals surface area (Å²) in [6.07, 6.45) is 2.03. The molecule has 100 valence electrons. The lowest BCUT2D eigenvalue weighted by molar-refractivity contribution is 0.0242. The fourth-order valence-corrected chi connectivity index (χ4v) is 2.49. The molecule has 18 heavy (non-hydrogen) atoms. The Morgan fingerprint density at radius 1 is 1.33 bits per heavy atom. The van der Waals surface area contributed by atoms with Crippen molar-refractivity contribution in [3.05, 3.63) is 34.9 Å². The highest BCUT2D eigenvalue weighted by molar-refractivity contribution is 6.30. The summed E-state index contributed by atoms with van der Waals surface area (Å²) in [6.45, 7) is 2.66. The summed E-state index contributed by atoms with van der Waals surface area (Å²) < 4.78 is 5.34. The van der Waals surface area contributed by atoms with Crippen LogP contribution >= 0.6 is 11.6 Å². The fraction of sp³-hybridized carbons (Fsp3) is 0.571. The molecule has 0 aromatic heterocycles. The van der Waals surface area contributed by atoms with Crippen LogP contribution < -0.4 is 0 Å². The molecule has 0 saturated carbocycles. The fourth-order valence-electron chi connectivity index (χ4n) is 2.36. The van der Waals surface area contributed by atoms with Gasteiger partial charge in [-0.05, 0) is 30.5 Å². The van der Waals surface area contributed by atoms with Crippen molar-refractivity contribution in [2.75, 3.05) is 26.7 Å². The molecule has 3 nitrogen and oxygen atoms in total. The van der Waals surface area contributed by atoms with Crippen LogP contribution in [0.1, 0.15) is 24.5 Å². The highest BCUT2D eigenvalue weighted by Gasteiger charge is 2.21. The van der Waals surface area contributed by atoms with E-state index in [2.05, 4.69) is 4.90 Å². The van der Waals surface area contributed by atoms with Crippen molar-refractivity contribution in [1.82, 2.24) is 4.90 Å². The monoisotopic (exact) mass is 269 g/mol. The number of nitrogens with zero attached hydrogens (tertiary/aromatic N) is 1. The van der Waals surface area contributed by atoms with Crippen LogP contribution in [-0.4, -0.2) is 42.9 Å². The average Bonchev–Trinajstić information content (AvgIpc) is 2.40. The Hall–Kier alpha value is -0.610. The molecule has 1 unspecified atom stereocenters. The lowest BCUT2D eigenvalue weighted by Gasteiger charge is -2.32. The van der Waals surface area contributed by atoms with E-state index in [1.54, 1.807) is 7.11 Å². The molecule has 0 spiro atoms. The zero-order chi connectivity index (χ0) is 13.0. The molecular weight excluding hydrogens is 250 g/mol. The Kier molecular flexibility index (Phi) is 5.01. The van der Waals surface area contributed by atoms with E-state index in [4.69, 9.17) is 16.3 Å². The summed E-state index contributed by atoms with van der Waals surface area (Å²) in [5, 5.41) is 10.9. The summed E-state index contributed by atoms with van der Waals surface area (Å²) in [6, 6.07) is 7.40. The number of piperidine rings is 1. The number of halogens is 1. The molecule has 0 bridgehead atoms. The number of β-amino-alcohol motifs (C(OH)–C–C–N with tert-alkyl or cyclic N) is 1. The van der Waals surface area contributed by atoms with E-state index in [1.807, 2.05) is 24.3 Å². The van der Waals surface area contributed by atoms with Crippen molar-refractivity contribution in [2.45, 2.75) is 25.0 Å². The molecule has 1 aromatic carbocycles. The van der Waals surface area contributed by atoms with Crippen LogP contribution in [-0.2, 0) is 4.74 Å². The van der Waals surface area contributed by atoms with Crippen molar-refractivity contribution >= 4 is 11.6 Å². The van der Waals surface area contributed by atoms with Crippen LogP contribution in [0.4, 0.5) is 0 Å². The Balaban J connectivity index is 1.84. The first-order valence-electron chi connectivity index (χ1n) is 6.37. The minimum atomic E-state index is -0.443. The van der Waals surface area contributed by atoms with Gasteiger partial charge in [-0.15, -0.1) is 0 Å². The predicted molar refractivity (Wildman–Crippen MR) is 72.9 cm³/mol.